The first-order valence-electron chi connectivity index (χ1n) is 4.64. The summed E-state index contributed by atoms with van der Waals surface area (Å²) in [5, 5.41) is 0. The Kier molecular flexibility index (Phi) is 4.59. The minimum absolute atomic E-state index is 0.0180. The molecule has 0 aliphatic carbocycles. The van der Waals surface area contributed by atoms with Gasteiger partial charge in [-0.3, -0.25) is 4.79 Å². The zero-order valence-electron chi connectivity index (χ0n) is 8.12. The quantitative estimate of drug-likeness (QED) is 0.655. The third-order valence-electron chi connectivity index (χ3n) is 2.05. The summed E-state index contributed by atoms with van der Waals surface area (Å²) in [6.07, 6.45) is 0.499. The third kappa shape index (κ3) is 3.56. The molecule has 76 valence electrons. The predicted octanol–water partition coefficient (Wildman–Crippen LogP) is 1.67. The van der Waals surface area contributed by atoms with Crippen LogP contribution < -0.4 is 0 Å². The van der Waals surface area contributed by atoms with E-state index in [1.807, 2.05) is 13.8 Å². The third-order valence-corrected chi connectivity index (χ3v) is 3.01. The highest BCUT2D eigenvalue weighted by Gasteiger charge is 2.21. The standard InChI is InChI=1S/C9H16O3S/c1-3-7(2)9(10)12-8-6-13-5-4-11-8/h7-8H,3-6H2,1-2H3. The van der Waals surface area contributed by atoms with Crippen molar-refractivity contribution in [1.29, 1.82) is 0 Å². The van der Waals surface area contributed by atoms with E-state index in [4.69, 9.17) is 9.47 Å². The van der Waals surface area contributed by atoms with Crippen molar-refractivity contribution in [2.75, 3.05) is 18.1 Å². The van der Waals surface area contributed by atoms with Gasteiger partial charge in [-0.1, -0.05) is 13.8 Å². The van der Waals surface area contributed by atoms with Crippen molar-refractivity contribution in [2.45, 2.75) is 26.6 Å². The van der Waals surface area contributed by atoms with Gasteiger partial charge in [0.15, 0.2) is 0 Å². The molecule has 0 aromatic rings. The fraction of sp³-hybridized carbons (Fsp3) is 0.889. The van der Waals surface area contributed by atoms with Crippen molar-refractivity contribution in [1.82, 2.24) is 0 Å². The molecule has 1 rings (SSSR count). The molecule has 1 aliphatic rings. The van der Waals surface area contributed by atoms with Crippen LogP contribution in [0.5, 0.6) is 0 Å². The van der Waals surface area contributed by atoms with E-state index in [0.717, 1.165) is 17.9 Å². The highest BCUT2D eigenvalue weighted by Crippen LogP contribution is 2.15. The Labute approximate surface area is 83.2 Å². The minimum Gasteiger partial charge on any atom is -0.435 e. The molecule has 0 aromatic heterocycles. The Balaban J connectivity index is 2.26. The van der Waals surface area contributed by atoms with E-state index in [9.17, 15) is 4.79 Å². The van der Waals surface area contributed by atoms with Crippen molar-refractivity contribution in [2.24, 2.45) is 5.92 Å². The Hall–Kier alpha value is -0.220. The maximum atomic E-state index is 11.3. The molecule has 13 heavy (non-hydrogen) atoms. The van der Waals surface area contributed by atoms with Crippen molar-refractivity contribution >= 4 is 17.7 Å². The molecular weight excluding hydrogens is 188 g/mol. The lowest BCUT2D eigenvalue weighted by atomic mass is 10.1. The zero-order chi connectivity index (χ0) is 9.68. The van der Waals surface area contributed by atoms with E-state index in [1.165, 1.54) is 0 Å². The van der Waals surface area contributed by atoms with Crippen LogP contribution in [0.3, 0.4) is 0 Å². The molecule has 1 saturated heterocycles. The van der Waals surface area contributed by atoms with Gasteiger partial charge < -0.3 is 9.47 Å². The SMILES string of the molecule is CCC(C)C(=O)OC1CSCCO1. The average Bonchev–Trinajstić information content (AvgIpc) is 2.18. The zero-order valence-corrected chi connectivity index (χ0v) is 8.93. The van der Waals surface area contributed by atoms with Crippen molar-refractivity contribution in [3.05, 3.63) is 0 Å². The molecule has 0 spiro atoms. The average molecular weight is 204 g/mol. The second-order valence-corrected chi connectivity index (χ2v) is 4.27. The van der Waals surface area contributed by atoms with E-state index in [-0.39, 0.29) is 18.2 Å². The molecule has 2 atom stereocenters. The van der Waals surface area contributed by atoms with Gasteiger partial charge in [0.2, 0.25) is 6.29 Å². The molecule has 1 heterocycles. The second kappa shape index (κ2) is 5.50. The van der Waals surface area contributed by atoms with Gasteiger partial charge in [0.1, 0.15) is 0 Å². The normalized spacial score (nSPS) is 25.2. The van der Waals surface area contributed by atoms with Gasteiger partial charge in [-0.2, -0.15) is 11.8 Å². The smallest absolute Gasteiger partial charge is 0.310 e. The van der Waals surface area contributed by atoms with Gasteiger partial charge in [-0.25, -0.2) is 0 Å². The molecular formula is C9H16O3S. The van der Waals surface area contributed by atoms with E-state index >= 15 is 0 Å². The molecule has 1 fully saturated rings. The van der Waals surface area contributed by atoms with Crippen molar-refractivity contribution < 1.29 is 14.3 Å². The molecule has 0 aromatic carbocycles. The number of rotatable bonds is 3. The summed E-state index contributed by atoms with van der Waals surface area (Å²) >= 11 is 1.76. The number of thioether (sulfide) groups is 1. The summed E-state index contributed by atoms with van der Waals surface area (Å²) < 4.78 is 10.4. The van der Waals surface area contributed by atoms with E-state index in [2.05, 4.69) is 0 Å². The Morgan fingerprint density at radius 1 is 1.77 bits per heavy atom. The molecule has 0 bridgehead atoms. The summed E-state index contributed by atoms with van der Waals surface area (Å²) in [7, 11) is 0. The van der Waals surface area contributed by atoms with Crippen LogP contribution >= 0.6 is 11.8 Å². The number of carbonyl (C=O) groups is 1. The lowest BCUT2D eigenvalue weighted by molar-refractivity contribution is -0.177. The monoisotopic (exact) mass is 204 g/mol. The van der Waals surface area contributed by atoms with Gasteiger partial charge in [0, 0.05) is 5.75 Å². The number of carbonyl (C=O) groups excluding carboxylic acids is 1. The number of hydrogen-bond acceptors (Lipinski definition) is 4. The van der Waals surface area contributed by atoms with Gasteiger partial charge in [-0.05, 0) is 6.42 Å². The van der Waals surface area contributed by atoms with Crippen LogP contribution in [0.25, 0.3) is 0 Å². The first-order valence-corrected chi connectivity index (χ1v) is 5.79. The van der Waals surface area contributed by atoms with Crippen LogP contribution in [0.15, 0.2) is 0 Å². The van der Waals surface area contributed by atoms with Gasteiger partial charge in [0.05, 0.1) is 18.3 Å². The largest absolute Gasteiger partial charge is 0.435 e. The summed E-state index contributed by atoms with van der Waals surface area (Å²) in [6.45, 7) is 4.53. The molecule has 0 N–H and O–H groups in total. The van der Waals surface area contributed by atoms with Crippen LogP contribution in [-0.4, -0.2) is 30.4 Å². The fourth-order valence-corrected chi connectivity index (χ4v) is 1.68. The summed E-state index contributed by atoms with van der Waals surface area (Å²) in [6, 6.07) is 0. The topological polar surface area (TPSA) is 35.5 Å². The first kappa shape index (κ1) is 10.9. The molecule has 0 amide bonds. The minimum atomic E-state index is -0.319. The summed E-state index contributed by atoms with van der Waals surface area (Å²) in [5.41, 5.74) is 0. The molecule has 0 saturated carbocycles. The van der Waals surface area contributed by atoms with Crippen molar-refractivity contribution in [3.8, 4) is 0 Å². The molecule has 0 radical (unpaired) electrons. The van der Waals surface area contributed by atoms with E-state index in [1.54, 1.807) is 11.8 Å². The van der Waals surface area contributed by atoms with Crippen LogP contribution in [0, 0.1) is 5.92 Å². The lowest BCUT2D eigenvalue weighted by Crippen LogP contribution is -2.30. The second-order valence-electron chi connectivity index (χ2n) is 3.12. The van der Waals surface area contributed by atoms with Gasteiger partial charge >= 0.3 is 5.97 Å². The highest BCUT2D eigenvalue weighted by molar-refractivity contribution is 7.99. The summed E-state index contributed by atoms with van der Waals surface area (Å²) in [4.78, 5) is 11.3. The van der Waals surface area contributed by atoms with Gasteiger partial charge in [-0.15, -0.1) is 0 Å². The van der Waals surface area contributed by atoms with Crippen LogP contribution in [0.1, 0.15) is 20.3 Å². The maximum Gasteiger partial charge on any atom is 0.310 e. The first-order chi connectivity index (χ1) is 6.24. The van der Waals surface area contributed by atoms with E-state index in [0.29, 0.717) is 6.61 Å². The Morgan fingerprint density at radius 2 is 2.54 bits per heavy atom. The Morgan fingerprint density at radius 3 is 3.08 bits per heavy atom. The van der Waals surface area contributed by atoms with Crippen molar-refractivity contribution in [3.63, 3.8) is 0 Å². The maximum absolute atomic E-state index is 11.3. The van der Waals surface area contributed by atoms with Crippen LogP contribution in [0.4, 0.5) is 0 Å². The van der Waals surface area contributed by atoms with Gasteiger partial charge in [0.25, 0.3) is 0 Å². The number of hydrogen-bond donors (Lipinski definition) is 0. The van der Waals surface area contributed by atoms with E-state index < -0.39 is 0 Å². The lowest BCUT2D eigenvalue weighted by Gasteiger charge is -2.23. The number of ether oxygens (including phenoxy) is 2. The molecule has 2 unspecified atom stereocenters. The molecule has 1 aliphatic heterocycles. The summed E-state index contributed by atoms with van der Waals surface area (Å²) in [5.74, 6) is 1.60. The predicted molar refractivity (Wildman–Crippen MR) is 52.6 cm³/mol. The highest BCUT2D eigenvalue weighted by atomic mass is 32.2. The number of esters is 1. The molecule has 3 nitrogen and oxygen atoms in total. The van der Waals surface area contributed by atoms with Crippen LogP contribution in [0.2, 0.25) is 0 Å². The van der Waals surface area contributed by atoms with Crippen LogP contribution in [-0.2, 0) is 14.3 Å². The fourth-order valence-electron chi connectivity index (χ4n) is 0.947. The molecule has 4 heteroatoms. The Bertz CT molecular complexity index is 166.